The molecule has 1 N–H and O–H groups in total. The van der Waals surface area contributed by atoms with Gasteiger partial charge in [-0.05, 0) is 31.5 Å². The second-order valence-electron chi connectivity index (χ2n) is 4.11. The molecule has 0 aromatic carbocycles. The Morgan fingerprint density at radius 2 is 2.18 bits per heavy atom. The summed E-state index contributed by atoms with van der Waals surface area (Å²) in [5.41, 5.74) is 0. The first-order valence-electron chi connectivity index (χ1n) is 6.19. The molecule has 1 aromatic heterocycles. The van der Waals surface area contributed by atoms with Gasteiger partial charge in [-0.2, -0.15) is 0 Å². The summed E-state index contributed by atoms with van der Waals surface area (Å²) in [6.45, 7) is 7.74. The highest BCUT2D eigenvalue weighted by Gasteiger charge is 2.16. The van der Waals surface area contributed by atoms with E-state index in [1.807, 2.05) is 12.1 Å². The maximum atomic E-state index is 5.82. The smallest absolute Gasteiger partial charge is 0.0964 e. The molecule has 4 heteroatoms. The average Bonchev–Trinajstić information content (AvgIpc) is 2.33. The maximum absolute atomic E-state index is 5.82. The van der Waals surface area contributed by atoms with Crippen LogP contribution in [0.25, 0.3) is 0 Å². The van der Waals surface area contributed by atoms with Crippen LogP contribution in [0.2, 0.25) is 5.02 Å². The number of nitrogens with one attached hydrogen (secondary N) is 1. The summed E-state index contributed by atoms with van der Waals surface area (Å²) in [4.78, 5) is 4.32. The van der Waals surface area contributed by atoms with Crippen molar-refractivity contribution in [3.8, 4) is 0 Å². The van der Waals surface area contributed by atoms with Crippen LogP contribution in [0.4, 0.5) is 0 Å². The zero-order valence-corrected chi connectivity index (χ0v) is 12.3. The fourth-order valence-corrected chi connectivity index (χ4v) is 2.88. The minimum atomic E-state index is 0.514. The molecule has 1 aromatic rings. The molecule has 0 saturated heterocycles. The van der Waals surface area contributed by atoms with Crippen LogP contribution in [0, 0.1) is 0 Å². The van der Waals surface area contributed by atoms with Crippen molar-refractivity contribution >= 4 is 23.4 Å². The fourth-order valence-electron chi connectivity index (χ4n) is 1.68. The third kappa shape index (κ3) is 5.28. The Kier molecular flexibility index (Phi) is 6.93. The number of rotatable bonds is 7. The van der Waals surface area contributed by atoms with Gasteiger partial charge in [0, 0.05) is 17.5 Å². The highest BCUT2D eigenvalue weighted by molar-refractivity contribution is 7.99. The van der Waals surface area contributed by atoms with E-state index in [4.69, 9.17) is 11.6 Å². The van der Waals surface area contributed by atoms with E-state index in [1.165, 1.54) is 6.42 Å². The number of nitrogens with zero attached hydrogens (tertiary/aromatic N) is 1. The highest BCUT2D eigenvalue weighted by Crippen LogP contribution is 2.25. The molecular formula is C13H21ClN2S. The van der Waals surface area contributed by atoms with E-state index in [2.05, 4.69) is 31.1 Å². The van der Waals surface area contributed by atoms with Gasteiger partial charge < -0.3 is 5.32 Å². The Bertz CT molecular complexity index is 316. The maximum Gasteiger partial charge on any atom is 0.0964 e. The molecule has 0 fully saturated rings. The molecule has 1 heterocycles. The molecule has 0 spiro atoms. The van der Waals surface area contributed by atoms with E-state index in [0.717, 1.165) is 18.0 Å². The SMILES string of the molecule is CCCNC(CC)C(C)Sc1ccc(Cl)cn1. The lowest BCUT2D eigenvalue weighted by Gasteiger charge is -2.23. The Morgan fingerprint density at radius 3 is 2.71 bits per heavy atom. The van der Waals surface area contributed by atoms with E-state index >= 15 is 0 Å². The van der Waals surface area contributed by atoms with Gasteiger partial charge in [-0.3, -0.25) is 0 Å². The molecule has 0 aliphatic carbocycles. The van der Waals surface area contributed by atoms with Gasteiger partial charge in [0.05, 0.1) is 10.0 Å². The van der Waals surface area contributed by atoms with Crippen molar-refractivity contribution in [1.29, 1.82) is 0 Å². The lowest BCUT2D eigenvalue weighted by Crippen LogP contribution is -2.36. The molecule has 0 bridgehead atoms. The Balaban J connectivity index is 2.51. The summed E-state index contributed by atoms with van der Waals surface area (Å²) < 4.78 is 0. The zero-order valence-electron chi connectivity index (χ0n) is 10.7. The molecule has 2 nitrogen and oxygen atoms in total. The lowest BCUT2D eigenvalue weighted by atomic mass is 10.1. The summed E-state index contributed by atoms with van der Waals surface area (Å²) in [7, 11) is 0. The minimum absolute atomic E-state index is 0.514. The Hall–Kier alpha value is -0.250. The summed E-state index contributed by atoms with van der Waals surface area (Å²) in [5.74, 6) is 0. The van der Waals surface area contributed by atoms with Gasteiger partial charge >= 0.3 is 0 Å². The van der Waals surface area contributed by atoms with Crippen molar-refractivity contribution in [3.63, 3.8) is 0 Å². The van der Waals surface area contributed by atoms with Gasteiger partial charge in [0.25, 0.3) is 0 Å². The molecule has 0 saturated carbocycles. The van der Waals surface area contributed by atoms with Crippen molar-refractivity contribution in [1.82, 2.24) is 10.3 Å². The number of hydrogen-bond donors (Lipinski definition) is 1. The van der Waals surface area contributed by atoms with Gasteiger partial charge in [-0.1, -0.05) is 32.4 Å². The third-order valence-electron chi connectivity index (χ3n) is 2.67. The molecule has 2 atom stereocenters. The number of halogens is 1. The number of thioether (sulfide) groups is 1. The first-order chi connectivity index (χ1) is 8.17. The second-order valence-corrected chi connectivity index (χ2v) is 5.94. The van der Waals surface area contributed by atoms with Crippen molar-refractivity contribution in [3.05, 3.63) is 23.4 Å². The standard InChI is InChI=1S/C13H21ClN2S/c1-4-8-15-12(5-2)10(3)17-13-7-6-11(14)9-16-13/h6-7,9-10,12,15H,4-5,8H2,1-3H3. The first kappa shape index (κ1) is 14.8. The van der Waals surface area contributed by atoms with Crippen molar-refractivity contribution in [2.45, 2.75) is 49.9 Å². The van der Waals surface area contributed by atoms with Crippen LogP contribution in [-0.2, 0) is 0 Å². The highest BCUT2D eigenvalue weighted by atomic mass is 35.5. The van der Waals surface area contributed by atoms with Crippen molar-refractivity contribution in [2.24, 2.45) is 0 Å². The molecule has 0 amide bonds. The topological polar surface area (TPSA) is 24.9 Å². The van der Waals surface area contributed by atoms with E-state index in [-0.39, 0.29) is 0 Å². The van der Waals surface area contributed by atoms with Crippen LogP contribution in [0.5, 0.6) is 0 Å². The predicted octanol–water partition coefficient (Wildman–Crippen LogP) is 3.99. The summed E-state index contributed by atoms with van der Waals surface area (Å²) in [5, 5.41) is 5.82. The average molecular weight is 273 g/mol. The van der Waals surface area contributed by atoms with E-state index < -0.39 is 0 Å². The molecule has 0 aliphatic rings. The van der Waals surface area contributed by atoms with Crippen LogP contribution < -0.4 is 5.32 Å². The first-order valence-corrected chi connectivity index (χ1v) is 7.44. The van der Waals surface area contributed by atoms with Gasteiger partial charge in [0.2, 0.25) is 0 Å². The largest absolute Gasteiger partial charge is 0.313 e. The minimum Gasteiger partial charge on any atom is -0.313 e. The molecule has 1 rings (SSSR count). The van der Waals surface area contributed by atoms with Crippen LogP contribution in [0.15, 0.2) is 23.4 Å². The van der Waals surface area contributed by atoms with Gasteiger partial charge in [0.1, 0.15) is 0 Å². The van der Waals surface area contributed by atoms with Gasteiger partial charge in [-0.15, -0.1) is 11.8 Å². The van der Waals surface area contributed by atoms with Crippen molar-refractivity contribution in [2.75, 3.05) is 6.54 Å². The quantitative estimate of drug-likeness (QED) is 0.760. The van der Waals surface area contributed by atoms with Crippen LogP contribution in [-0.4, -0.2) is 22.8 Å². The number of aromatic nitrogens is 1. The lowest BCUT2D eigenvalue weighted by molar-refractivity contribution is 0.493. The molecule has 0 aliphatic heterocycles. The van der Waals surface area contributed by atoms with E-state index in [9.17, 15) is 0 Å². The van der Waals surface area contributed by atoms with Gasteiger partial charge in [-0.25, -0.2) is 4.98 Å². The van der Waals surface area contributed by atoms with Crippen LogP contribution >= 0.6 is 23.4 Å². The third-order valence-corrected chi connectivity index (χ3v) is 4.08. The Labute approximate surface area is 114 Å². The Morgan fingerprint density at radius 1 is 1.41 bits per heavy atom. The molecule has 0 radical (unpaired) electrons. The van der Waals surface area contributed by atoms with Crippen LogP contribution in [0.3, 0.4) is 0 Å². The normalized spacial score (nSPS) is 14.6. The second kappa shape index (κ2) is 7.96. The van der Waals surface area contributed by atoms with Crippen molar-refractivity contribution < 1.29 is 0 Å². The summed E-state index contributed by atoms with van der Waals surface area (Å²) >= 11 is 7.63. The molecule has 2 unspecified atom stereocenters. The molecular weight excluding hydrogens is 252 g/mol. The number of pyridine rings is 1. The molecule has 17 heavy (non-hydrogen) atoms. The van der Waals surface area contributed by atoms with Crippen LogP contribution in [0.1, 0.15) is 33.6 Å². The molecule has 96 valence electrons. The van der Waals surface area contributed by atoms with Gasteiger partial charge in [0.15, 0.2) is 0 Å². The summed E-state index contributed by atoms with van der Waals surface area (Å²) in [6.07, 6.45) is 4.02. The van der Waals surface area contributed by atoms with E-state index in [1.54, 1.807) is 18.0 Å². The predicted molar refractivity (Wildman–Crippen MR) is 76.9 cm³/mol. The monoisotopic (exact) mass is 272 g/mol. The van der Waals surface area contributed by atoms with E-state index in [0.29, 0.717) is 16.3 Å². The summed E-state index contributed by atoms with van der Waals surface area (Å²) in [6, 6.07) is 4.41. The zero-order chi connectivity index (χ0) is 12.7. The fraction of sp³-hybridized carbons (Fsp3) is 0.615. The number of hydrogen-bond acceptors (Lipinski definition) is 3.